The molecule has 94 valence electrons. The van der Waals surface area contributed by atoms with E-state index in [1.807, 2.05) is 4.68 Å². The van der Waals surface area contributed by atoms with Crippen LogP contribution in [0.4, 0.5) is 5.82 Å². The Morgan fingerprint density at radius 1 is 1.22 bits per heavy atom. The maximum Gasteiger partial charge on any atom is 0.183 e. The Hall–Kier alpha value is -1.72. The number of hydrogen-bond acceptors (Lipinski definition) is 5. The molecule has 0 radical (unpaired) electrons. The van der Waals surface area contributed by atoms with Gasteiger partial charge in [0.25, 0.3) is 0 Å². The van der Waals surface area contributed by atoms with Gasteiger partial charge in [-0.25, -0.2) is 14.6 Å². The van der Waals surface area contributed by atoms with Gasteiger partial charge in [-0.05, 0) is 25.2 Å². The first-order valence-corrected chi connectivity index (χ1v) is 6.71. The maximum atomic E-state index is 4.31. The first-order chi connectivity index (χ1) is 8.90. The molecule has 1 N–H and O–H groups in total. The summed E-state index contributed by atoms with van der Waals surface area (Å²) in [5.74, 6) is 1.73. The molecule has 0 saturated heterocycles. The topological polar surface area (TPSA) is 68.5 Å². The van der Waals surface area contributed by atoms with E-state index in [-0.39, 0.29) is 0 Å². The third-order valence-electron chi connectivity index (χ3n) is 3.66. The van der Waals surface area contributed by atoms with Crippen LogP contribution in [0.2, 0.25) is 0 Å². The molecule has 2 aliphatic rings. The summed E-state index contributed by atoms with van der Waals surface area (Å²) in [6, 6.07) is 0.569. The number of rotatable bonds is 5. The van der Waals surface area contributed by atoms with Gasteiger partial charge in [-0.1, -0.05) is 18.1 Å². The van der Waals surface area contributed by atoms with E-state index >= 15 is 0 Å². The van der Waals surface area contributed by atoms with E-state index in [9.17, 15) is 0 Å². The second kappa shape index (κ2) is 3.90. The molecule has 2 aromatic rings. The summed E-state index contributed by atoms with van der Waals surface area (Å²) in [5.41, 5.74) is 1.66. The van der Waals surface area contributed by atoms with Gasteiger partial charge in [-0.2, -0.15) is 0 Å². The highest BCUT2D eigenvalue weighted by Gasteiger charge is 2.24. The monoisotopic (exact) mass is 244 g/mol. The molecule has 2 heterocycles. The normalized spacial score (nSPS) is 19.3. The van der Waals surface area contributed by atoms with E-state index in [0.717, 1.165) is 29.4 Å². The summed E-state index contributed by atoms with van der Waals surface area (Å²) < 4.78 is 1.91. The molecule has 0 unspecified atom stereocenters. The summed E-state index contributed by atoms with van der Waals surface area (Å²) >= 11 is 0. The van der Waals surface area contributed by atoms with Crippen molar-refractivity contribution < 1.29 is 0 Å². The molecule has 2 aromatic heterocycles. The Morgan fingerprint density at radius 3 is 2.89 bits per heavy atom. The summed E-state index contributed by atoms with van der Waals surface area (Å²) in [4.78, 5) is 8.58. The van der Waals surface area contributed by atoms with Crippen LogP contribution in [0.1, 0.15) is 32.1 Å². The minimum Gasteiger partial charge on any atom is -0.365 e. The highest BCUT2D eigenvalue weighted by atomic mass is 15.4. The minimum absolute atomic E-state index is 0.569. The van der Waals surface area contributed by atoms with Crippen LogP contribution in [0, 0.1) is 5.92 Å². The fraction of sp³-hybridized carbons (Fsp3) is 0.667. The third kappa shape index (κ3) is 1.91. The molecule has 0 aromatic carbocycles. The molecule has 18 heavy (non-hydrogen) atoms. The van der Waals surface area contributed by atoms with E-state index in [0.29, 0.717) is 6.04 Å². The Balaban J connectivity index is 1.62. The zero-order valence-corrected chi connectivity index (χ0v) is 10.2. The Morgan fingerprint density at radius 2 is 2.11 bits per heavy atom. The molecule has 6 heteroatoms. The molecular weight excluding hydrogens is 228 g/mol. The molecule has 0 spiro atoms. The van der Waals surface area contributed by atoms with Crippen molar-refractivity contribution in [3.8, 4) is 0 Å². The lowest BCUT2D eigenvalue weighted by molar-refractivity contribution is 0.541. The predicted octanol–water partition coefficient (Wildman–Crippen LogP) is 1.60. The fourth-order valence-corrected chi connectivity index (χ4v) is 2.18. The van der Waals surface area contributed by atoms with Crippen LogP contribution in [-0.4, -0.2) is 31.0 Å². The van der Waals surface area contributed by atoms with Gasteiger partial charge in [0, 0.05) is 12.6 Å². The summed E-state index contributed by atoms with van der Waals surface area (Å²) in [5, 5.41) is 11.8. The van der Waals surface area contributed by atoms with E-state index in [4.69, 9.17) is 0 Å². The largest absolute Gasteiger partial charge is 0.365 e. The molecule has 2 saturated carbocycles. The first-order valence-electron chi connectivity index (χ1n) is 6.71. The van der Waals surface area contributed by atoms with Crippen LogP contribution in [0.5, 0.6) is 0 Å². The van der Waals surface area contributed by atoms with Crippen molar-refractivity contribution in [1.82, 2.24) is 25.0 Å². The number of fused-ring (bicyclic) bond motifs is 1. The molecular formula is C12H16N6. The Kier molecular flexibility index (Phi) is 2.21. The number of aromatic nitrogens is 5. The maximum absolute atomic E-state index is 4.31. The van der Waals surface area contributed by atoms with Gasteiger partial charge in [-0.3, -0.25) is 0 Å². The second-order valence-corrected chi connectivity index (χ2v) is 5.36. The molecule has 2 fully saturated rings. The fourth-order valence-electron chi connectivity index (χ4n) is 2.18. The first kappa shape index (κ1) is 10.2. The average Bonchev–Trinajstić information content (AvgIpc) is 3.29. The lowest BCUT2D eigenvalue weighted by atomic mass is 10.3. The SMILES string of the molecule is c1nc(NC2CC2)c2nnn(CCC3CC3)c2n1. The van der Waals surface area contributed by atoms with E-state index in [2.05, 4.69) is 25.6 Å². The van der Waals surface area contributed by atoms with Crippen molar-refractivity contribution in [2.45, 2.75) is 44.7 Å². The van der Waals surface area contributed by atoms with Gasteiger partial charge in [0.05, 0.1) is 0 Å². The van der Waals surface area contributed by atoms with Gasteiger partial charge in [-0.15, -0.1) is 5.10 Å². The zero-order chi connectivity index (χ0) is 11.9. The summed E-state index contributed by atoms with van der Waals surface area (Å²) in [7, 11) is 0. The second-order valence-electron chi connectivity index (χ2n) is 5.36. The van der Waals surface area contributed by atoms with Crippen molar-refractivity contribution in [1.29, 1.82) is 0 Å². The third-order valence-corrected chi connectivity index (χ3v) is 3.66. The van der Waals surface area contributed by atoms with E-state index in [1.54, 1.807) is 6.33 Å². The minimum atomic E-state index is 0.569. The van der Waals surface area contributed by atoms with Crippen molar-refractivity contribution in [2.75, 3.05) is 5.32 Å². The summed E-state index contributed by atoms with van der Waals surface area (Å²) in [6.45, 7) is 0.918. The van der Waals surface area contributed by atoms with Crippen molar-refractivity contribution in [2.24, 2.45) is 5.92 Å². The highest BCUT2D eigenvalue weighted by Crippen LogP contribution is 2.33. The molecule has 0 amide bonds. The number of nitrogens with one attached hydrogen (secondary N) is 1. The standard InChI is InChI=1S/C12H16N6/c1-2-8(1)5-6-18-12-10(16-17-18)11(13-7-14-12)15-9-3-4-9/h7-9H,1-6H2,(H,13,14,15). The van der Waals surface area contributed by atoms with E-state index in [1.165, 1.54) is 32.1 Å². The number of nitrogens with zero attached hydrogens (tertiary/aromatic N) is 5. The van der Waals surface area contributed by atoms with Crippen LogP contribution in [0.15, 0.2) is 6.33 Å². The smallest absolute Gasteiger partial charge is 0.183 e. The molecule has 6 nitrogen and oxygen atoms in total. The lowest BCUT2D eigenvalue weighted by Crippen LogP contribution is -2.05. The van der Waals surface area contributed by atoms with Crippen molar-refractivity contribution in [3.05, 3.63) is 6.33 Å². The van der Waals surface area contributed by atoms with Gasteiger partial charge < -0.3 is 5.32 Å². The number of hydrogen-bond donors (Lipinski definition) is 1. The van der Waals surface area contributed by atoms with Crippen LogP contribution < -0.4 is 5.32 Å². The Bertz CT molecular complexity index is 569. The Labute approximate surface area is 105 Å². The number of anilines is 1. The average molecular weight is 244 g/mol. The van der Waals surface area contributed by atoms with Crippen molar-refractivity contribution in [3.63, 3.8) is 0 Å². The molecule has 4 rings (SSSR count). The zero-order valence-electron chi connectivity index (χ0n) is 10.2. The van der Waals surface area contributed by atoms with Crippen LogP contribution >= 0.6 is 0 Å². The van der Waals surface area contributed by atoms with Crippen LogP contribution in [0.25, 0.3) is 11.2 Å². The van der Waals surface area contributed by atoms with Crippen LogP contribution in [0.3, 0.4) is 0 Å². The van der Waals surface area contributed by atoms with E-state index < -0.39 is 0 Å². The highest BCUT2D eigenvalue weighted by molar-refractivity contribution is 5.82. The lowest BCUT2D eigenvalue weighted by Gasteiger charge is -2.03. The quantitative estimate of drug-likeness (QED) is 0.865. The van der Waals surface area contributed by atoms with Gasteiger partial charge >= 0.3 is 0 Å². The van der Waals surface area contributed by atoms with Gasteiger partial charge in [0.1, 0.15) is 6.33 Å². The molecule has 2 aliphatic carbocycles. The molecule has 0 aliphatic heterocycles. The van der Waals surface area contributed by atoms with Crippen LogP contribution in [-0.2, 0) is 6.54 Å². The molecule has 0 atom stereocenters. The number of aryl methyl sites for hydroxylation is 1. The van der Waals surface area contributed by atoms with Crippen molar-refractivity contribution >= 4 is 17.0 Å². The van der Waals surface area contributed by atoms with Gasteiger partial charge in [0.15, 0.2) is 17.0 Å². The summed E-state index contributed by atoms with van der Waals surface area (Å²) in [6.07, 6.45) is 7.98. The molecule has 0 bridgehead atoms. The van der Waals surface area contributed by atoms with Gasteiger partial charge in [0.2, 0.25) is 0 Å². The predicted molar refractivity (Wildman–Crippen MR) is 67.1 cm³/mol.